The Morgan fingerprint density at radius 3 is 2.54 bits per heavy atom. The Kier molecular flexibility index (Phi) is 7.97. The highest BCUT2D eigenvalue weighted by Gasteiger charge is 2.28. The molecule has 1 aliphatic heterocycles. The number of ether oxygens (including phenoxy) is 2. The van der Waals surface area contributed by atoms with E-state index in [0.717, 1.165) is 19.4 Å². The van der Waals surface area contributed by atoms with Crippen LogP contribution in [0.15, 0.2) is 0 Å². The Balaban J connectivity index is 2.66. The molecule has 0 aromatic heterocycles. The van der Waals surface area contributed by atoms with E-state index in [9.17, 15) is 14.4 Å². The van der Waals surface area contributed by atoms with Gasteiger partial charge in [-0.2, -0.15) is 0 Å². The second-order valence-electron chi connectivity index (χ2n) is 6.76. The van der Waals surface area contributed by atoms with Gasteiger partial charge in [-0.1, -0.05) is 0 Å². The third-order valence-electron chi connectivity index (χ3n) is 3.33. The highest BCUT2D eigenvalue weighted by molar-refractivity contribution is 5.89. The lowest BCUT2D eigenvalue weighted by molar-refractivity contribution is -0.145. The predicted molar refractivity (Wildman–Crippen MR) is 88.4 cm³/mol. The highest BCUT2D eigenvalue weighted by atomic mass is 16.6. The molecular formula is C16H29N3O5. The lowest BCUT2D eigenvalue weighted by Gasteiger charge is -2.27. The number of rotatable bonds is 6. The quantitative estimate of drug-likeness (QED) is 0.613. The number of carbonyl (C=O) groups is 3. The van der Waals surface area contributed by atoms with E-state index in [0.29, 0.717) is 6.54 Å². The van der Waals surface area contributed by atoms with Crippen molar-refractivity contribution in [2.75, 3.05) is 19.7 Å². The molecule has 0 radical (unpaired) electrons. The molecule has 0 spiro atoms. The zero-order valence-corrected chi connectivity index (χ0v) is 14.9. The van der Waals surface area contributed by atoms with Gasteiger partial charge in [-0.15, -0.1) is 0 Å². The lowest BCUT2D eigenvalue weighted by Crippen LogP contribution is -2.54. The Hall–Kier alpha value is -1.83. The molecule has 1 heterocycles. The van der Waals surface area contributed by atoms with Gasteiger partial charge in [-0.3, -0.25) is 9.59 Å². The van der Waals surface area contributed by atoms with E-state index >= 15 is 0 Å². The van der Waals surface area contributed by atoms with Gasteiger partial charge >= 0.3 is 12.1 Å². The minimum absolute atomic E-state index is 0.0172. The van der Waals surface area contributed by atoms with Gasteiger partial charge in [0.05, 0.1) is 13.0 Å². The van der Waals surface area contributed by atoms with Crippen molar-refractivity contribution in [2.45, 2.75) is 64.6 Å². The minimum Gasteiger partial charge on any atom is -0.466 e. The first-order valence-electron chi connectivity index (χ1n) is 8.37. The second-order valence-corrected chi connectivity index (χ2v) is 6.76. The van der Waals surface area contributed by atoms with Crippen molar-refractivity contribution < 1.29 is 23.9 Å². The van der Waals surface area contributed by atoms with Gasteiger partial charge in [0.2, 0.25) is 5.91 Å². The maximum atomic E-state index is 12.4. The van der Waals surface area contributed by atoms with Gasteiger partial charge in [0.1, 0.15) is 11.6 Å². The number of hydrogen-bond acceptors (Lipinski definition) is 6. The molecule has 8 nitrogen and oxygen atoms in total. The molecule has 138 valence electrons. The summed E-state index contributed by atoms with van der Waals surface area (Å²) >= 11 is 0. The summed E-state index contributed by atoms with van der Waals surface area (Å²) in [5, 5.41) is 8.51. The number of alkyl carbamates (subject to hydrolysis) is 1. The van der Waals surface area contributed by atoms with E-state index in [1.165, 1.54) is 0 Å². The molecule has 0 aromatic rings. The molecule has 24 heavy (non-hydrogen) atoms. The third kappa shape index (κ3) is 8.14. The number of hydrogen-bond donors (Lipinski definition) is 3. The van der Waals surface area contributed by atoms with Crippen LogP contribution in [0.4, 0.5) is 4.79 Å². The summed E-state index contributed by atoms with van der Waals surface area (Å²) < 4.78 is 10.0. The molecule has 1 aliphatic rings. The summed E-state index contributed by atoms with van der Waals surface area (Å²) in [5.74, 6) is -0.960. The van der Waals surface area contributed by atoms with E-state index in [4.69, 9.17) is 9.47 Å². The van der Waals surface area contributed by atoms with Gasteiger partial charge < -0.3 is 25.4 Å². The van der Waals surface area contributed by atoms with Gasteiger partial charge in [-0.25, -0.2) is 4.79 Å². The van der Waals surface area contributed by atoms with Crippen LogP contribution in [0.5, 0.6) is 0 Å². The van der Waals surface area contributed by atoms with E-state index in [1.54, 1.807) is 27.7 Å². The Morgan fingerprint density at radius 2 is 2.00 bits per heavy atom. The smallest absolute Gasteiger partial charge is 0.408 e. The summed E-state index contributed by atoms with van der Waals surface area (Å²) in [5.41, 5.74) is -0.692. The second kappa shape index (κ2) is 9.46. The lowest BCUT2D eigenvalue weighted by atomic mass is 10.1. The molecular weight excluding hydrogens is 314 g/mol. The molecule has 2 unspecified atom stereocenters. The fraction of sp³-hybridized carbons (Fsp3) is 0.812. The van der Waals surface area contributed by atoms with Crippen molar-refractivity contribution in [3.63, 3.8) is 0 Å². The monoisotopic (exact) mass is 343 g/mol. The summed E-state index contributed by atoms with van der Waals surface area (Å²) in [4.78, 5) is 36.1. The first-order valence-corrected chi connectivity index (χ1v) is 8.37. The molecule has 3 N–H and O–H groups in total. The number of amides is 2. The van der Waals surface area contributed by atoms with Crippen molar-refractivity contribution >= 4 is 18.0 Å². The maximum Gasteiger partial charge on any atom is 0.408 e. The standard InChI is InChI=1S/C16H29N3O5/c1-5-23-13(20)9-12(19-15(22)24-16(2,3)4)14(21)18-11-7-6-8-17-10-11/h11-12,17H,5-10H2,1-4H3,(H,18,21)(H,19,22). The zero-order chi connectivity index (χ0) is 18.2. The normalized spacial score (nSPS) is 19.1. The van der Waals surface area contributed by atoms with Crippen molar-refractivity contribution in [1.29, 1.82) is 0 Å². The average molecular weight is 343 g/mol. The number of nitrogens with one attached hydrogen (secondary N) is 3. The first kappa shape index (κ1) is 20.2. The highest BCUT2D eigenvalue weighted by Crippen LogP contribution is 2.08. The van der Waals surface area contributed by atoms with Crippen LogP contribution in [0.25, 0.3) is 0 Å². The predicted octanol–water partition coefficient (Wildman–Crippen LogP) is 0.701. The van der Waals surface area contributed by atoms with Crippen LogP contribution in [0, 0.1) is 0 Å². The number of piperidine rings is 1. The largest absolute Gasteiger partial charge is 0.466 e. The molecule has 0 aromatic carbocycles. The molecule has 1 rings (SSSR count). The van der Waals surface area contributed by atoms with Crippen molar-refractivity contribution in [3.8, 4) is 0 Å². The van der Waals surface area contributed by atoms with E-state index in [-0.39, 0.29) is 19.1 Å². The average Bonchev–Trinajstić information content (AvgIpc) is 2.45. The van der Waals surface area contributed by atoms with Crippen LogP contribution in [0.3, 0.4) is 0 Å². The molecule has 0 saturated carbocycles. The summed E-state index contributed by atoms with van der Waals surface area (Å²) in [6, 6.07) is -1.04. The van der Waals surface area contributed by atoms with Crippen molar-refractivity contribution in [2.24, 2.45) is 0 Å². The van der Waals surface area contributed by atoms with Crippen LogP contribution in [-0.2, 0) is 19.1 Å². The molecule has 0 bridgehead atoms. The Morgan fingerprint density at radius 1 is 1.29 bits per heavy atom. The van der Waals surface area contributed by atoms with Crippen LogP contribution in [-0.4, -0.2) is 55.4 Å². The molecule has 8 heteroatoms. The third-order valence-corrected chi connectivity index (χ3v) is 3.33. The van der Waals surface area contributed by atoms with E-state index in [2.05, 4.69) is 16.0 Å². The minimum atomic E-state index is -1.03. The molecule has 0 aliphatic carbocycles. The van der Waals surface area contributed by atoms with Crippen LogP contribution < -0.4 is 16.0 Å². The van der Waals surface area contributed by atoms with E-state index in [1.807, 2.05) is 0 Å². The van der Waals surface area contributed by atoms with Gasteiger partial charge in [0, 0.05) is 12.6 Å². The van der Waals surface area contributed by atoms with Crippen LogP contribution in [0.2, 0.25) is 0 Å². The summed E-state index contributed by atoms with van der Waals surface area (Å²) in [7, 11) is 0. The van der Waals surface area contributed by atoms with Crippen molar-refractivity contribution in [3.05, 3.63) is 0 Å². The van der Waals surface area contributed by atoms with E-state index < -0.39 is 29.6 Å². The van der Waals surface area contributed by atoms with Crippen molar-refractivity contribution in [1.82, 2.24) is 16.0 Å². The topological polar surface area (TPSA) is 106 Å². The Labute approximate surface area is 143 Å². The summed E-state index contributed by atoms with van der Waals surface area (Å²) in [6.45, 7) is 8.66. The number of esters is 1. The Bertz CT molecular complexity index is 441. The molecule has 2 amide bonds. The van der Waals surface area contributed by atoms with Gasteiger partial charge in [0.25, 0.3) is 0 Å². The molecule has 1 saturated heterocycles. The molecule has 2 atom stereocenters. The SMILES string of the molecule is CCOC(=O)CC(NC(=O)OC(C)(C)C)C(=O)NC1CCCNC1. The zero-order valence-electron chi connectivity index (χ0n) is 14.9. The number of carbonyl (C=O) groups excluding carboxylic acids is 3. The van der Waals surface area contributed by atoms with Gasteiger partial charge in [0.15, 0.2) is 0 Å². The van der Waals surface area contributed by atoms with Gasteiger partial charge in [-0.05, 0) is 47.1 Å². The molecule has 1 fully saturated rings. The fourth-order valence-corrected chi connectivity index (χ4v) is 2.32. The summed E-state index contributed by atoms with van der Waals surface area (Å²) in [6.07, 6.45) is 0.845. The van der Waals surface area contributed by atoms with Crippen LogP contribution >= 0.6 is 0 Å². The maximum absolute atomic E-state index is 12.4. The van der Waals surface area contributed by atoms with Crippen LogP contribution in [0.1, 0.15) is 47.0 Å². The first-order chi connectivity index (χ1) is 11.2. The fourth-order valence-electron chi connectivity index (χ4n) is 2.32.